The van der Waals surface area contributed by atoms with E-state index in [9.17, 15) is 20.0 Å². The maximum atomic E-state index is 13.3. The minimum Gasteiger partial charge on any atom is -0.507 e. The first-order valence-corrected chi connectivity index (χ1v) is 13.0. The van der Waals surface area contributed by atoms with Gasteiger partial charge in [0.2, 0.25) is 0 Å². The van der Waals surface area contributed by atoms with Crippen LogP contribution >= 0.6 is 0 Å². The number of aromatic amines is 1. The molecule has 5 rings (SSSR count). The number of para-hydroxylation sites is 2. The Labute approximate surface area is 241 Å². The van der Waals surface area contributed by atoms with Gasteiger partial charge in [0.15, 0.2) is 5.82 Å². The van der Waals surface area contributed by atoms with Gasteiger partial charge in [-0.3, -0.25) is 9.59 Å². The number of aromatic hydroxyl groups is 1. The molecule has 2 aromatic heterocycles. The predicted molar refractivity (Wildman–Crippen MR) is 157 cm³/mol. The largest absolute Gasteiger partial charge is 0.507 e. The fourth-order valence-corrected chi connectivity index (χ4v) is 4.47. The summed E-state index contributed by atoms with van der Waals surface area (Å²) < 4.78 is 5.32. The molecule has 0 bridgehead atoms. The average Bonchev–Trinajstić information content (AvgIpc) is 3.54. The van der Waals surface area contributed by atoms with Crippen molar-refractivity contribution in [1.29, 1.82) is 5.26 Å². The summed E-state index contributed by atoms with van der Waals surface area (Å²) in [4.78, 5) is 37.9. The quantitative estimate of drug-likeness (QED) is 0.200. The number of pyridine rings is 1. The smallest absolute Gasteiger partial charge is 0.260 e. The predicted octanol–water partition coefficient (Wildman–Crippen LogP) is 4.95. The number of nitriles is 1. The zero-order valence-corrected chi connectivity index (χ0v) is 22.6. The normalized spacial score (nSPS) is 10.5. The molecule has 0 aliphatic rings. The minimum absolute atomic E-state index is 0.00184. The molecule has 0 saturated heterocycles. The molecule has 3 aromatic carbocycles. The fourth-order valence-electron chi connectivity index (χ4n) is 4.47. The number of ether oxygens (including phenoxy) is 1. The molecule has 5 aromatic rings. The Kier molecular flexibility index (Phi) is 8.21. The van der Waals surface area contributed by atoms with E-state index in [0.717, 1.165) is 5.69 Å². The minimum atomic E-state index is -0.526. The maximum Gasteiger partial charge on any atom is 0.260 e. The highest BCUT2D eigenvalue weighted by molar-refractivity contribution is 6.07. The Morgan fingerprint density at radius 2 is 1.81 bits per heavy atom. The van der Waals surface area contributed by atoms with Gasteiger partial charge in [-0.25, -0.2) is 9.97 Å². The number of carbonyl (C=O) groups is 2. The van der Waals surface area contributed by atoms with Gasteiger partial charge in [-0.1, -0.05) is 36.4 Å². The lowest BCUT2D eigenvalue weighted by Gasteiger charge is -2.15. The first-order valence-electron chi connectivity index (χ1n) is 13.0. The first kappa shape index (κ1) is 27.6. The van der Waals surface area contributed by atoms with Gasteiger partial charge < -0.3 is 25.5 Å². The molecule has 0 atom stereocenters. The molecule has 208 valence electrons. The number of phenolic OH excluding ortho intramolecular Hbond substituents is 1. The van der Waals surface area contributed by atoms with Crippen LogP contribution in [0.3, 0.4) is 0 Å². The molecule has 0 saturated carbocycles. The van der Waals surface area contributed by atoms with E-state index >= 15 is 0 Å². The van der Waals surface area contributed by atoms with Crippen LogP contribution in [0.25, 0.3) is 22.4 Å². The van der Waals surface area contributed by atoms with E-state index in [4.69, 9.17) is 4.74 Å². The highest BCUT2D eigenvalue weighted by atomic mass is 16.5. The molecule has 0 radical (unpaired) electrons. The summed E-state index contributed by atoms with van der Waals surface area (Å²) in [5.41, 5.74) is 3.28. The Balaban J connectivity index is 1.54. The van der Waals surface area contributed by atoms with E-state index in [1.165, 1.54) is 13.2 Å². The summed E-state index contributed by atoms with van der Waals surface area (Å²) in [7, 11) is 1.46. The van der Waals surface area contributed by atoms with Crippen LogP contribution in [0.2, 0.25) is 0 Å². The molecule has 0 unspecified atom stereocenters. The van der Waals surface area contributed by atoms with Crippen LogP contribution in [-0.2, 0) is 6.42 Å². The van der Waals surface area contributed by atoms with Crippen molar-refractivity contribution < 1.29 is 19.4 Å². The Hall–Kier alpha value is -5.95. The first-order chi connectivity index (χ1) is 20.5. The van der Waals surface area contributed by atoms with E-state index in [1.807, 2.05) is 0 Å². The number of amides is 2. The topological polar surface area (TPSA) is 153 Å². The van der Waals surface area contributed by atoms with Crippen molar-refractivity contribution in [2.24, 2.45) is 0 Å². The van der Waals surface area contributed by atoms with E-state index in [0.29, 0.717) is 46.7 Å². The summed E-state index contributed by atoms with van der Waals surface area (Å²) in [6, 6.07) is 24.0. The molecule has 4 N–H and O–H groups in total. The summed E-state index contributed by atoms with van der Waals surface area (Å²) in [5.74, 6) is -0.477. The fraction of sp³-hybridized carbons (Fsp3) is 0.0938. The van der Waals surface area contributed by atoms with Crippen molar-refractivity contribution in [3.05, 3.63) is 114 Å². The van der Waals surface area contributed by atoms with Gasteiger partial charge in [0.25, 0.3) is 11.8 Å². The van der Waals surface area contributed by atoms with Crippen LogP contribution in [-0.4, -0.2) is 45.5 Å². The number of nitrogens with one attached hydrogen (secondary N) is 3. The average molecular weight is 559 g/mol. The number of H-pyrrole nitrogens is 1. The molecule has 0 aliphatic carbocycles. The van der Waals surface area contributed by atoms with Gasteiger partial charge in [-0.15, -0.1) is 0 Å². The number of imidazole rings is 1. The van der Waals surface area contributed by atoms with Crippen molar-refractivity contribution in [2.45, 2.75) is 6.42 Å². The molecular weight excluding hydrogens is 532 g/mol. The highest BCUT2D eigenvalue weighted by Crippen LogP contribution is 2.36. The van der Waals surface area contributed by atoms with Gasteiger partial charge in [-0.05, 0) is 48.0 Å². The Morgan fingerprint density at radius 3 is 2.57 bits per heavy atom. The van der Waals surface area contributed by atoms with Crippen molar-refractivity contribution in [3.63, 3.8) is 0 Å². The highest BCUT2D eigenvalue weighted by Gasteiger charge is 2.21. The number of rotatable bonds is 9. The van der Waals surface area contributed by atoms with Gasteiger partial charge >= 0.3 is 0 Å². The van der Waals surface area contributed by atoms with Gasteiger partial charge in [0, 0.05) is 35.9 Å². The van der Waals surface area contributed by atoms with Crippen LogP contribution in [0.4, 0.5) is 5.82 Å². The van der Waals surface area contributed by atoms with Crippen LogP contribution < -0.4 is 15.4 Å². The molecule has 0 fully saturated rings. The van der Waals surface area contributed by atoms with Gasteiger partial charge in [0.05, 0.1) is 30.4 Å². The SMILES string of the molecule is COc1ccccc1C(=O)Nc1nc(-c2ccccc2O)cc(-c2cccc(C(=O)NCCc3c[nH]cn3)c2)c1C#N. The van der Waals surface area contributed by atoms with Crippen molar-refractivity contribution in [2.75, 3.05) is 19.0 Å². The molecule has 42 heavy (non-hydrogen) atoms. The summed E-state index contributed by atoms with van der Waals surface area (Å²) in [6.07, 6.45) is 3.92. The van der Waals surface area contributed by atoms with E-state index < -0.39 is 5.91 Å². The monoisotopic (exact) mass is 558 g/mol. The molecule has 2 amide bonds. The van der Waals surface area contributed by atoms with Crippen molar-refractivity contribution >= 4 is 17.6 Å². The third kappa shape index (κ3) is 5.95. The molecule has 2 heterocycles. The third-order valence-electron chi connectivity index (χ3n) is 6.55. The number of anilines is 1. The molecule has 10 nitrogen and oxygen atoms in total. The zero-order valence-electron chi connectivity index (χ0n) is 22.6. The summed E-state index contributed by atoms with van der Waals surface area (Å²) >= 11 is 0. The van der Waals surface area contributed by atoms with Crippen LogP contribution in [0.15, 0.2) is 91.4 Å². The molecule has 0 spiro atoms. The zero-order chi connectivity index (χ0) is 29.5. The number of phenols is 1. The van der Waals surface area contributed by atoms with E-state index in [-0.39, 0.29) is 28.6 Å². The number of carbonyl (C=O) groups excluding carboxylic acids is 2. The number of hydrogen-bond donors (Lipinski definition) is 4. The summed E-state index contributed by atoms with van der Waals surface area (Å²) in [6.45, 7) is 0.392. The van der Waals surface area contributed by atoms with Crippen molar-refractivity contribution in [1.82, 2.24) is 20.3 Å². The van der Waals surface area contributed by atoms with Gasteiger partial charge in [0.1, 0.15) is 23.1 Å². The maximum absolute atomic E-state index is 13.3. The summed E-state index contributed by atoms with van der Waals surface area (Å²) in [5, 5.41) is 26.4. The molecule has 0 aliphatic heterocycles. The molecule has 10 heteroatoms. The second-order valence-corrected chi connectivity index (χ2v) is 9.21. The molecular formula is C32H26N6O4. The van der Waals surface area contributed by atoms with E-state index in [2.05, 4.69) is 31.7 Å². The lowest BCUT2D eigenvalue weighted by Crippen LogP contribution is -2.25. The van der Waals surface area contributed by atoms with Gasteiger partial charge in [-0.2, -0.15) is 5.26 Å². The Morgan fingerprint density at radius 1 is 1.00 bits per heavy atom. The Bertz CT molecular complexity index is 1790. The number of methoxy groups -OCH3 is 1. The number of hydrogen-bond acceptors (Lipinski definition) is 7. The van der Waals surface area contributed by atoms with Crippen molar-refractivity contribution in [3.8, 4) is 40.0 Å². The second kappa shape index (κ2) is 12.5. The number of benzene rings is 3. The van der Waals surface area contributed by atoms with Crippen LogP contribution in [0.5, 0.6) is 11.5 Å². The van der Waals surface area contributed by atoms with Crippen LogP contribution in [0, 0.1) is 11.3 Å². The lowest BCUT2D eigenvalue weighted by atomic mass is 9.96. The van der Waals surface area contributed by atoms with E-state index in [1.54, 1.807) is 85.3 Å². The third-order valence-corrected chi connectivity index (χ3v) is 6.55. The second-order valence-electron chi connectivity index (χ2n) is 9.21. The van der Waals surface area contributed by atoms with Crippen LogP contribution in [0.1, 0.15) is 32.0 Å². The number of aromatic nitrogens is 3. The standard InChI is InChI=1S/C32H26N6O4/c1-42-29-12-5-3-10-24(29)32(41)38-30-26(17-33)25(16-27(37-30)23-9-2-4-11-28(23)39)20-7-6-8-21(15-20)31(40)35-14-13-22-18-34-19-36-22/h2-12,15-16,18-19,39H,13-14H2,1H3,(H,34,36)(H,35,40)(H,37,38,41). The number of nitrogens with zero attached hydrogens (tertiary/aromatic N) is 3. The lowest BCUT2D eigenvalue weighted by molar-refractivity contribution is 0.0953.